The van der Waals surface area contributed by atoms with Crippen LogP contribution < -0.4 is 10.1 Å². The molecule has 0 amide bonds. The van der Waals surface area contributed by atoms with Gasteiger partial charge in [-0.15, -0.1) is 0 Å². The van der Waals surface area contributed by atoms with Crippen molar-refractivity contribution in [3.05, 3.63) is 36.4 Å². The van der Waals surface area contributed by atoms with E-state index in [2.05, 4.69) is 16.9 Å². The number of hydrogen-bond acceptors (Lipinski definition) is 4. The fourth-order valence-corrected chi connectivity index (χ4v) is 3.10. The quantitative estimate of drug-likeness (QED) is 0.681. The second-order valence-corrected chi connectivity index (χ2v) is 6.13. The highest BCUT2D eigenvalue weighted by Crippen LogP contribution is 2.30. The molecule has 0 saturated carbocycles. The number of ether oxygens (including phenoxy) is 1. The van der Waals surface area contributed by atoms with Gasteiger partial charge in [-0.2, -0.15) is 0 Å². The number of thiocarbonyl (C=S) groups is 1. The van der Waals surface area contributed by atoms with Crippen molar-refractivity contribution in [3.63, 3.8) is 0 Å². The SMILES string of the molecule is C=C(C)CNC(=S)N1CCSC1=Nc1ccccc1OC. The standard InChI is InChI=1S/C15H19N3OS2/c1-11(2)10-16-14(20)18-8-9-21-15(18)17-12-6-4-5-7-13(12)19-3/h4-7H,1,8-10H2,2-3H3,(H,16,20). The van der Waals surface area contributed by atoms with Crippen LogP contribution in [0.15, 0.2) is 41.4 Å². The number of rotatable bonds is 4. The molecule has 1 fully saturated rings. The molecular weight excluding hydrogens is 302 g/mol. The van der Waals surface area contributed by atoms with Gasteiger partial charge in [-0.3, -0.25) is 4.90 Å². The molecule has 21 heavy (non-hydrogen) atoms. The van der Waals surface area contributed by atoms with Crippen molar-refractivity contribution in [1.29, 1.82) is 0 Å². The van der Waals surface area contributed by atoms with E-state index >= 15 is 0 Å². The van der Waals surface area contributed by atoms with Crippen LogP contribution in [0.2, 0.25) is 0 Å². The average Bonchev–Trinajstić information content (AvgIpc) is 2.93. The van der Waals surface area contributed by atoms with Crippen molar-refractivity contribution in [1.82, 2.24) is 10.2 Å². The van der Waals surface area contributed by atoms with Crippen molar-refractivity contribution in [2.45, 2.75) is 6.92 Å². The van der Waals surface area contributed by atoms with Gasteiger partial charge in [0, 0.05) is 18.8 Å². The summed E-state index contributed by atoms with van der Waals surface area (Å²) in [5, 5.41) is 4.79. The molecule has 0 spiro atoms. The number of aliphatic imine (C=N–C) groups is 1. The lowest BCUT2D eigenvalue weighted by Gasteiger charge is -2.20. The first kappa shape index (κ1) is 15.9. The Morgan fingerprint density at radius 2 is 2.29 bits per heavy atom. The minimum absolute atomic E-state index is 0.682. The van der Waals surface area contributed by atoms with Crippen molar-refractivity contribution in [3.8, 4) is 5.75 Å². The number of nitrogens with one attached hydrogen (secondary N) is 1. The van der Waals surface area contributed by atoms with Gasteiger partial charge in [0.1, 0.15) is 11.4 Å². The zero-order valence-corrected chi connectivity index (χ0v) is 13.9. The third kappa shape index (κ3) is 4.22. The predicted molar refractivity (Wildman–Crippen MR) is 94.7 cm³/mol. The number of nitrogens with zero attached hydrogens (tertiary/aromatic N) is 2. The normalized spacial score (nSPS) is 16.1. The summed E-state index contributed by atoms with van der Waals surface area (Å²) >= 11 is 7.13. The second-order valence-electron chi connectivity index (χ2n) is 4.68. The number of hydrogen-bond donors (Lipinski definition) is 1. The van der Waals surface area contributed by atoms with Crippen molar-refractivity contribution in [2.75, 3.05) is 26.0 Å². The number of para-hydroxylation sites is 2. The van der Waals surface area contributed by atoms with Crippen molar-refractivity contribution < 1.29 is 4.74 Å². The number of amidine groups is 1. The summed E-state index contributed by atoms with van der Waals surface area (Å²) in [6.45, 7) is 7.39. The first-order valence-electron chi connectivity index (χ1n) is 6.66. The van der Waals surface area contributed by atoms with E-state index < -0.39 is 0 Å². The Kier molecular flexibility index (Phi) is 5.64. The Balaban J connectivity index is 2.16. The summed E-state index contributed by atoms with van der Waals surface area (Å²) in [5.41, 5.74) is 1.87. The highest BCUT2D eigenvalue weighted by atomic mass is 32.2. The molecule has 1 aromatic carbocycles. The van der Waals surface area contributed by atoms with E-state index in [0.29, 0.717) is 11.7 Å². The van der Waals surface area contributed by atoms with Crippen LogP contribution in [-0.4, -0.2) is 41.1 Å². The van der Waals surface area contributed by atoms with E-state index in [1.54, 1.807) is 18.9 Å². The highest BCUT2D eigenvalue weighted by Gasteiger charge is 2.23. The van der Waals surface area contributed by atoms with E-state index in [1.807, 2.05) is 36.1 Å². The van der Waals surface area contributed by atoms with Gasteiger partial charge in [-0.25, -0.2) is 4.99 Å². The summed E-state index contributed by atoms with van der Waals surface area (Å²) in [4.78, 5) is 6.71. The zero-order valence-electron chi connectivity index (χ0n) is 12.3. The third-order valence-electron chi connectivity index (χ3n) is 2.86. The van der Waals surface area contributed by atoms with E-state index in [9.17, 15) is 0 Å². The average molecular weight is 321 g/mol. The molecule has 2 rings (SSSR count). The van der Waals surface area contributed by atoms with E-state index in [4.69, 9.17) is 17.0 Å². The fourth-order valence-electron chi connectivity index (χ4n) is 1.83. The molecule has 6 heteroatoms. The van der Waals surface area contributed by atoms with Gasteiger partial charge < -0.3 is 10.1 Å². The van der Waals surface area contributed by atoms with Gasteiger partial charge in [0.05, 0.1) is 7.11 Å². The first-order chi connectivity index (χ1) is 10.1. The van der Waals surface area contributed by atoms with E-state index in [0.717, 1.165) is 34.5 Å². The molecule has 1 aliphatic rings. The lowest BCUT2D eigenvalue weighted by Crippen LogP contribution is -2.40. The number of thioether (sulfide) groups is 1. The van der Waals surface area contributed by atoms with Gasteiger partial charge in [0.25, 0.3) is 0 Å². The molecule has 4 nitrogen and oxygen atoms in total. The largest absolute Gasteiger partial charge is 0.494 e. The molecule has 0 radical (unpaired) electrons. The minimum Gasteiger partial charge on any atom is -0.494 e. The van der Waals surface area contributed by atoms with Crippen LogP contribution >= 0.6 is 24.0 Å². The lowest BCUT2D eigenvalue weighted by molar-refractivity contribution is 0.416. The zero-order chi connectivity index (χ0) is 15.2. The topological polar surface area (TPSA) is 36.9 Å². The van der Waals surface area contributed by atoms with Crippen LogP contribution in [-0.2, 0) is 0 Å². The molecule has 0 atom stereocenters. The maximum atomic E-state index is 5.44. The maximum Gasteiger partial charge on any atom is 0.175 e. The van der Waals surface area contributed by atoms with Crippen LogP contribution in [0.5, 0.6) is 5.75 Å². The maximum absolute atomic E-state index is 5.44. The monoisotopic (exact) mass is 321 g/mol. The lowest BCUT2D eigenvalue weighted by atomic mass is 10.3. The molecule has 1 saturated heterocycles. The molecule has 0 bridgehead atoms. The van der Waals surface area contributed by atoms with Gasteiger partial charge in [0.2, 0.25) is 0 Å². The van der Waals surface area contributed by atoms with Crippen LogP contribution in [0.1, 0.15) is 6.92 Å². The molecule has 1 aliphatic heterocycles. The van der Waals surface area contributed by atoms with Crippen LogP contribution in [0, 0.1) is 0 Å². The summed E-state index contributed by atoms with van der Waals surface area (Å²) < 4.78 is 5.34. The summed E-state index contributed by atoms with van der Waals surface area (Å²) in [5.74, 6) is 1.74. The molecule has 0 unspecified atom stereocenters. The van der Waals surface area contributed by atoms with Gasteiger partial charge in [-0.1, -0.05) is 36.0 Å². The van der Waals surface area contributed by atoms with Crippen molar-refractivity contribution >= 4 is 39.9 Å². The molecule has 1 aromatic rings. The van der Waals surface area contributed by atoms with Crippen LogP contribution in [0.4, 0.5) is 5.69 Å². The highest BCUT2D eigenvalue weighted by molar-refractivity contribution is 8.14. The summed E-state index contributed by atoms with van der Waals surface area (Å²) in [6.07, 6.45) is 0. The predicted octanol–water partition coefficient (Wildman–Crippen LogP) is 3.18. The Hall–Kier alpha value is -1.53. The minimum atomic E-state index is 0.682. The fraction of sp³-hybridized carbons (Fsp3) is 0.333. The second kappa shape index (κ2) is 7.47. The molecule has 1 N–H and O–H groups in total. The summed E-state index contributed by atoms with van der Waals surface area (Å²) in [7, 11) is 1.65. The number of methoxy groups -OCH3 is 1. The molecular formula is C15H19N3OS2. The van der Waals surface area contributed by atoms with Crippen molar-refractivity contribution in [2.24, 2.45) is 4.99 Å². The van der Waals surface area contributed by atoms with Gasteiger partial charge in [0.15, 0.2) is 10.3 Å². The molecule has 1 heterocycles. The Morgan fingerprint density at radius 3 is 3.00 bits per heavy atom. The molecule has 112 valence electrons. The Labute approximate surface area is 135 Å². The first-order valence-corrected chi connectivity index (χ1v) is 8.05. The van der Waals surface area contributed by atoms with Gasteiger partial charge in [-0.05, 0) is 31.3 Å². The van der Waals surface area contributed by atoms with E-state index in [1.165, 1.54) is 0 Å². The van der Waals surface area contributed by atoms with Crippen LogP contribution in [0.3, 0.4) is 0 Å². The molecule has 0 aromatic heterocycles. The number of benzene rings is 1. The Morgan fingerprint density at radius 1 is 1.52 bits per heavy atom. The third-order valence-corrected chi connectivity index (χ3v) is 4.19. The van der Waals surface area contributed by atoms with E-state index in [-0.39, 0.29) is 0 Å². The van der Waals surface area contributed by atoms with Crippen LogP contribution in [0.25, 0.3) is 0 Å². The smallest absolute Gasteiger partial charge is 0.175 e. The summed E-state index contributed by atoms with van der Waals surface area (Å²) in [6, 6.07) is 7.72. The Bertz CT molecular complexity index is 572. The van der Waals surface area contributed by atoms with Gasteiger partial charge >= 0.3 is 0 Å². The molecule has 0 aliphatic carbocycles.